The van der Waals surface area contributed by atoms with Crippen molar-refractivity contribution in [3.63, 3.8) is 0 Å². The fourth-order valence-corrected chi connectivity index (χ4v) is 2.71. The first-order valence-corrected chi connectivity index (χ1v) is 8.27. The van der Waals surface area contributed by atoms with Gasteiger partial charge < -0.3 is 14.2 Å². The smallest absolute Gasteiger partial charge is 0.487 e. The quantitative estimate of drug-likeness (QED) is 0.474. The minimum atomic E-state index is -0.842. The highest BCUT2D eigenvalue weighted by molar-refractivity contribution is 9.10. The maximum Gasteiger partial charge on any atom is 0.513 e. The lowest BCUT2D eigenvalue weighted by Gasteiger charge is -2.14. The number of ether oxygens (including phenoxy) is 3. The zero-order valence-electron chi connectivity index (χ0n) is 13.1. The summed E-state index contributed by atoms with van der Waals surface area (Å²) in [7, 11) is 1.22. The largest absolute Gasteiger partial charge is 0.513 e. The van der Waals surface area contributed by atoms with Gasteiger partial charge >= 0.3 is 6.16 Å². The number of aryl methyl sites for hydroxylation is 1. The highest BCUT2D eigenvalue weighted by atomic mass is 79.9. The van der Waals surface area contributed by atoms with Crippen LogP contribution in [-0.2, 0) is 17.8 Å². The molecule has 0 unspecified atom stereocenters. The Kier molecular flexibility index (Phi) is 6.45. The zero-order valence-corrected chi connectivity index (χ0v) is 15.4. The highest BCUT2D eigenvalue weighted by Crippen LogP contribution is 2.32. The van der Waals surface area contributed by atoms with Gasteiger partial charge in [0.25, 0.3) is 0 Å². The van der Waals surface area contributed by atoms with Gasteiger partial charge in [-0.1, -0.05) is 40.5 Å². The van der Waals surface area contributed by atoms with Crippen LogP contribution in [0.25, 0.3) is 0 Å². The molecule has 0 saturated carbocycles. The summed E-state index contributed by atoms with van der Waals surface area (Å²) in [6.07, 6.45) is -0.307. The lowest BCUT2D eigenvalue weighted by molar-refractivity contribution is 0.120. The molecule has 0 bridgehead atoms. The van der Waals surface area contributed by atoms with E-state index in [0.717, 1.165) is 0 Å². The summed E-state index contributed by atoms with van der Waals surface area (Å²) in [5.74, 6) is 0.110. The van der Waals surface area contributed by atoms with Crippen molar-refractivity contribution in [2.75, 3.05) is 7.11 Å². The Morgan fingerprint density at radius 3 is 2.71 bits per heavy atom. The molecule has 0 aliphatic heterocycles. The molecule has 0 atom stereocenters. The Balaban J connectivity index is 2.23. The standard InChI is InChI=1S/C17H15BrClFO4/c1-3-10-7-13(19)16(8-14(10)20)23-9-11-12(18)5-4-6-15(11)24-17(21)22-2/h4-8H,3,9H2,1-2H3. The van der Waals surface area contributed by atoms with E-state index in [1.54, 1.807) is 18.2 Å². The van der Waals surface area contributed by atoms with Crippen molar-refractivity contribution in [1.82, 2.24) is 0 Å². The number of rotatable bonds is 5. The lowest BCUT2D eigenvalue weighted by Crippen LogP contribution is -2.10. The van der Waals surface area contributed by atoms with E-state index in [4.69, 9.17) is 21.1 Å². The van der Waals surface area contributed by atoms with Gasteiger partial charge in [0.05, 0.1) is 12.1 Å². The summed E-state index contributed by atoms with van der Waals surface area (Å²) in [6, 6.07) is 7.86. The highest BCUT2D eigenvalue weighted by Gasteiger charge is 2.15. The van der Waals surface area contributed by atoms with Crippen molar-refractivity contribution in [1.29, 1.82) is 0 Å². The van der Waals surface area contributed by atoms with Crippen LogP contribution >= 0.6 is 27.5 Å². The minimum Gasteiger partial charge on any atom is -0.487 e. The summed E-state index contributed by atoms with van der Waals surface area (Å²) in [4.78, 5) is 11.3. The SMILES string of the molecule is CCc1cc(Cl)c(OCc2c(Br)cccc2OC(=O)OC)cc1F. The van der Waals surface area contributed by atoms with Gasteiger partial charge in [-0.3, -0.25) is 0 Å². The van der Waals surface area contributed by atoms with Crippen LogP contribution < -0.4 is 9.47 Å². The first-order valence-electron chi connectivity index (χ1n) is 7.10. The number of hydrogen-bond donors (Lipinski definition) is 0. The van der Waals surface area contributed by atoms with E-state index in [1.165, 1.54) is 19.2 Å². The molecule has 0 radical (unpaired) electrons. The molecule has 2 aromatic carbocycles. The third-order valence-electron chi connectivity index (χ3n) is 3.29. The monoisotopic (exact) mass is 416 g/mol. The maximum absolute atomic E-state index is 13.9. The van der Waals surface area contributed by atoms with Crippen LogP contribution in [0, 0.1) is 5.82 Å². The number of halogens is 3. The van der Waals surface area contributed by atoms with Crippen LogP contribution in [0.5, 0.6) is 11.5 Å². The Hall–Kier alpha value is -1.79. The van der Waals surface area contributed by atoms with Gasteiger partial charge in [0.2, 0.25) is 0 Å². The third-order valence-corrected chi connectivity index (χ3v) is 4.33. The van der Waals surface area contributed by atoms with Crippen LogP contribution in [0.15, 0.2) is 34.8 Å². The van der Waals surface area contributed by atoms with Gasteiger partial charge in [0.15, 0.2) is 0 Å². The van der Waals surface area contributed by atoms with Crippen molar-refractivity contribution in [2.24, 2.45) is 0 Å². The van der Waals surface area contributed by atoms with Crippen molar-refractivity contribution < 1.29 is 23.4 Å². The molecule has 0 fully saturated rings. The Bertz CT molecular complexity index is 752. The average Bonchev–Trinajstić information content (AvgIpc) is 2.56. The first-order chi connectivity index (χ1) is 11.5. The zero-order chi connectivity index (χ0) is 17.7. The molecule has 0 amide bonds. The Morgan fingerprint density at radius 2 is 2.04 bits per heavy atom. The second-order valence-electron chi connectivity index (χ2n) is 4.79. The van der Waals surface area contributed by atoms with Crippen molar-refractivity contribution in [3.8, 4) is 11.5 Å². The van der Waals surface area contributed by atoms with Crippen LogP contribution in [-0.4, -0.2) is 13.3 Å². The van der Waals surface area contributed by atoms with Gasteiger partial charge in [-0.25, -0.2) is 9.18 Å². The molecule has 2 aromatic rings. The molecule has 7 heteroatoms. The maximum atomic E-state index is 13.9. The minimum absolute atomic E-state index is 0.0262. The van der Waals surface area contributed by atoms with E-state index in [0.29, 0.717) is 27.0 Å². The second kappa shape index (κ2) is 8.35. The van der Waals surface area contributed by atoms with E-state index in [1.807, 2.05) is 6.92 Å². The Labute approximate surface area is 152 Å². The molecule has 0 aromatic heterocycles. The fourth-order valence-electron chi connectivity index (χ4n) is 2.01. The third kappa shape index (κ3) is 4.39. The van der Waals surface area contributed by atoms with Gasteiger partial charge in [-0.2, -0.15) is 0 Å². The molecule has 0 aliphatic carbocycles. The molecule has 0 N–H and O–H groups in total. The summed E-state index contributed by atoms with van der Waals surface area (Å²) >= 11 is 9.49. The molecule has 0 heterocycles. The van der Waals surface area contributed by atoms with Gasteiger partial charge in [-0.15, -0.1) is 0 Å². The molecular formula is C17H15BrClFO4. The van der Waals surface area contributed by atoms with Crippen molar-refractivity contribution in [3.05, 3.63) is 56.8 Å². The second-order valence-corrected chi connectivity index (χ2v) is 6.05. The number of hydrogen-bond acceptors (Lipinski definition) is 4. The summed E-state index contributed by atoms with van der Waals surface area (Å²) in [5.41, 5.74) is 1.09. The van der Waals surface area contributed by atoms with Crippen molar-refractivity contribution >= 4 is 33.7 Å². The summed E-state index contributed by atoms with van der Waals surface area (Å²) in [6.45, 7) is 1.87. The number of methoxy groups -OCH3 is 1. The average molecular weight is 418 g/mol. The molecule has 128 valence electrons. The Morgan fingerprint density at radius 1 is 1.29 bits per heavy atom. The van der Waals surface area contributed by atoms with Gasteiger partial charge in [0, 0.05) is 16.1 Å². The van der Waals surface area contributed by atoms with Crippen LogP contribution in [0.2, 0.25) is 5.02 Å². The molecule has 2 rings (SSSR count). The topological polar surface area (TPSA) is 44.8 Å². The van der Waals surface area contributed by atoms with E-state index in [2.05, 4.69) is 20.7 Å². The molecule has 24 heavy (non-hydrogen) atoms. The van der Waals surface area contributed by atoms with Gasteiger partial charge in [0.1, 0.15) is 23.9 Å². The van der Waals surface area contributed by atoms with Crippen LogP contribution in [0.3, 0.4) is 0 Å². The number of carbonyl (C=O) groups is 1. The summed E-state index contributed by atoms with van der Waals surface area (Å²) in [5, 5.41) is 0.315. The molecular weight excluding hydrogens is 403 g/mol. The van der Waals surface area contributed by atoms with Crippen LogP contribution in [0.1, 0.15) is 18.1 Å². The predicted molar refractivity (Wildman–Crippen MR) is 92.3 cm³/mol. The van der Waals surface area contributed by atoms with E-state index in [-0.39, 0.29) is 23.9 Å². The van der Waals surface area contributed by atoms with Gasteiger partial charge in [-0.05, 0) is 30.2 Å². The van der Waals surface area contributed by atoms with Crippen molar-refractivity contribution in [2.45, 2.75) is 20.0 Å². The van der Waals surface area contributed by atoms with E-state index in [9.17, 15) is 9.18 Å². The molecule has 4 nitrogen and oxygen atoms in total. The first kappa shape index (κ1) is 18.5. The summed E-state index contributed by atoms with van der Waals surface area (Å²) < 4.78 is 29.7. The lowest BCUT2D eigenvalue weighted by atomic mass is 10.1. The normalized spacial score (nSPS) is 10.4. The van der Waals surface area contributed by atoms with Crippen LogP contribution in [0.4, 0.5) is 9.18 Å². The molecule has 0 saturated heterocycles. The predicted octanol–water partition coefficient (Wildman–Crippen LogP) is 5.53. The van der Waals surface area contributed by atoms with E-state index >= 15 is 0 Å². The van der Waals surface area contributed by atoms with E-state index < -0.39 is 6.16 Å². The number of carbonyl (C=O) groups excluding carboxylic acids is 1. The fraction of sp³-hybridized carbons (Fsp3) is 0.235. The number of benzene rings is 2. The molecule has 0 aliphatic rings. The molecule has 0 spiro atoms.